The predicted octanol–water partition coefficient (Wildman–Crippen LogP) is 1.38. The lowest BCUT2D eigenvalue weighted by atomic mass is 10.0. The molecule has 2 unspecified atom stereocenters. The lowest BCUT2D eigenvalue weighted by Gasteiger charge is -2.11. The number of aromatic nitrogens is 2. The number of nitrogens with two attached hydrogens (primary N) is 1. The zero-order valence-electron chi connectivity index (χ0n) is 9.94. The lowest BCUT2D eigenvalue weighted by Crippen LogP contribution is -2.12. The van der Waals surface area contributed by atoms with E-state index < -0.39 is 0 Å². The van der Waals surface area contributed by atoms with Gasteiger partial charge in [0.2, 0.25) is 0 Å². The molecule has 1 saturated heterocycles. The standard InChI is InChI=1S/C12H19N3O/c1-8(13)11-6-14-12(15-9(11)2)5-10-3-4-16-7-10/h6,8,10H,3-5,7,13H2,1-2H3. The van der Waals surface area contributed by atoms with Crippen LogP contribution in [0.2, 0.25) is 0 Å². The molecular weight excluding hydrogens is 202 g/mol. The number of hydrogen-bond acceptors (Lipinski definition) is 4. The molecule has 2 heterocycles. The Morgan fingerprint density at radius 3 is 3.00 bits per heavy atom. The molecule has 4 nitrogen and oxygen atoms in total. The Hall–Kier alpha value is -1.00. The molecule has 2 atom stereocenters. The van der Waals surface area contributed by atoms with Crippen LogP contribution in [0, 0.1) is 12.8 Å². The third-order valence-electron chi connectivity index (χ3n) is 3.05. The maximum atomic E-state index is 5.83. The first-order valence-electron chi connectivity index (χ1n) is 5.82. The van der Waals surface area contributed by atoms with Crippen molar-refractivity contribution in [3.8, 4) is 0 Å². The minimum Gasteiger partial charge on any atom is -0.381 e. The molecule has 0 aromatic carbocycles. The third-order valence-corrected chi connectivity index (χ3v) is 3.05. The van der Waals surface area contributed by atoms with Crippen molar-refractivity contribution in [2.75, 3.05) is 13.2 Å². The summed E-state index contributed by atoms with van der Waals surface area (Å²) in [6, 6.07) is 0.00358. The molecule has 0 amide bonds. The van der Waals surface area contributed by atoms with Gasteiger partial charge >= 0.3 is 0 Å². The fourth-order valence-electron chi connectivity index (χ4n) is 2.07. The van der Waals surface area contributed by atoms with Crippen molar-refractivity contribution in [2.45, 2.75) is 32.7 Å². The second-order valence-corrected chi connectivity index (χ2v) is 4.55. The number of rotatable bonds is 3. The largest absolute Gasteiger partial charge is 0.381 e. The van der Waals surface area contributed by atoms with Crippen molar-refractivity contribution in [1.29, 1.82) is 0 Å². The van der Waals surface area contributed by atoms with Gasteiger partial charge in [-0.15, -0.1) is 0 Å². The van der Waals surface area contributed by atoms with Gasteiger partial charge in [-0.1, -0.05) is 0 Å². The van der Waals surface area contributed by atoms with Crippen LogP contribution in [0.3, 0.4) is 0 Å². The first-order valence-corrected chi connectivity index (χ1v) is 5.82. The van der Waals surface area contributed by atoms with E-state index in [0.29, 0.717) is 5.92 Å². The highest BCUT2D eigenvalue weighted by atomic mass is 16.5. The summed E-state index contributed by atoms with van der Waals surface area (Å²) in [5, 5.41) is 0. The van der Waals surface area contributed by atoms with Gasteiger partial charge < -0.3 is 10.5 Å². The number of hydrogen-bond donors (Lipinski definition) is 1. The Morgan fingerprint density at radius 1 is 1.62 bits per heavy atom. The van der Waals surface area contributed by atoms with E-state index >= 15 is 0 Å². The summed E-state index contributed by atoms with van der Waals surface area (Å²) in [6.45, 7) is 5.67. The highest BCUT2D eigenvalue weighted by Gasteiger charge is 2.18. The SMILES string of the molecule is Cc1nc(CC2CCOC2)ncc1C(C)N. The summed E-state index contributed by atoms with van der Waals surface area (Å²) in [6.07, 6.45) is 3.90. The molecule has 1 aromatic rings. The molecule has 2 rings (SSSR count). The molecule has 2 N–H and O–H groups in total. The van der Waals surface area contributed by atoms with Gasteiger partial charge in [0.25, 0.3) is 0 Å². The number of aryl methyl sites for hydroxylation is 1. The maximum Gasteiger partial charge on any atom is 0.128 e. The van der Waals surface area contributed by atoms with Crippen LogP contribution in [-0.2, 0) is 11.2 Å². The summed E-state index contributed by atoms with van der Waals surface area (Å²) >= 11 is 0. The third kappa shape index (κ3) is 2.57. The zero-order chi connectivity index (χ0) is 11.5. The van der Waals surface area contributed by atoms with Crippen LogP contribution in [0.5, 0.6) is 0 Å². The van der Waals surface area contributed by atoms with Crippen molar-refractivity contribution >= 4 is 0 Å². The minimum absolute atomic E-state index is 0.00358. The smallest absolute Gasteiger partial charge is 0.128 e. The minimum atomic E-state index is 0.00358. The summed E-state index contributed by atoms with van der Waals surface area (Å²) < 4.78 is 5.35. The molecule has 0 radical (unpaired) electrons. The van der Waals surface area contributed by atoms with Crippen LogP contribution in [0.15, 0.2) is 6.20 Å². The van der Waals surface area contributed by atoms with Crippen molar-refractivity contribution < 1.29 is 4.74 Å². The van der Waals surface area contributed by atoms with Crippen LogP contribution in [-0.4, -0.2) is 23.2 Å². The quantitative estimate of drug-likeness (QED) is 0.837. The molecule has 0 bridgehead atoms. The predicted molar refractivity (Wildman–Crippen MR) is 62.0 cm³/mol. The summed E-state index contributed by atoms with van der Waals surface area (Å²) in [7, 11) is 0. The summed E-state index contributed by atoms with van der Waals surface area (Å²) in [5.74, 6) is 1.50. The van der Waals surface area contributed by atoms with Gasteiger partial charge in [-0.3, -0.25) is 0 Å². The van der Waals surface area contributed by atoms with Crippen molar-refractivity contribution in [1.82, 2.24) is 9.97 Å². The van der Waals surface area contributed by atoms with Crippen molar-refractivity contribution in [2.24, 2.45) is 11.7 Å². The van der Waals surface area contributed by atoms with Crippen LogP contribution < -0.4 is 5.73 Å². The zero-order valence-corrected chi connectivity index (χ0v) is 9.94. The summed E-state index contributed by atoms with van der Waals surface area (Å²) in [5.41, 5.74) is 7.86. The fourth-order valence-corrected chi connectivity index (χ4v) is 2.07. The Morgan fingerprint density at radius 2 is 2.44 bits per heavy atom. The second kappa shape index (κ2) is 4.89. The first kappa shape index (κ1) is 11.5. The van der Waals surface area contributed by atoms with Crippen LogP contribution in [0.25, 0.3) is 0 Å². The van der Waals surface area contributed by atoms with E-state index in [-0.39, 0.29) is 6.04 Å². The van der Waals surface area contributed by atoms with Crippen LogP contribution in [0.4, 0.5) is 0 Å². The van der Waals surface area contributed by atoms with Crippen LogP contribution >= 0.6 is 0 Å². The molecule has 4 heteroatoms. The molecular formula is C12H19N3O. The number of nitrogens with zero attached hydrogens (tertiary/aromatic N) is 2. The highest BCUT2D eigenvalue weighted by Crippen LogP contribution is 2.18. The van der Waals surface area contributed by atoms with E-state index in [4.69, 9.17) is 10.5 Å². The molecule has 88 valence electrons. The lowest BCUT2D eigenvalue weighted by molar-refractivity contribution is 0.185. The molecule has 1 aliphatic rings. The fraction of sp³-hybridized carbons (Fsp3) is 0.667. The molecule has 16 heavy (non-hydrogen) atoms. The van der Waals surface area contributed by atoms with Gasteiger partial charge in [-0.05, 0) is 26.2 Å². The maximum absolute atomic E-state index is 5.83. The normalized spacial score (nSPS) is 22.3. The number of ether oxygens (including phenoxy) is 1. The summed E-state index contributed by atoms with van der Waals surface area (Å²) in [4.78, 5) is 8.89. The van der Waals surface area contributed by atoms with Gasteiger partial charge in [-0.25, -0.2) is 9.97 Å². The van der Waals surface area contributed by atoms with Crippen molar-refractivity contribution in [3.05, 3.63) is 23.3 Å². The van der Waals surface area contributed by atoms with Gasteiger partial charge in [0.1, 0.15) is 5.82 Å². The average Bonchev–Trinajstić information content (AvgIpc) is 2.70. The molecule has 1 aromatic heterocycles. The molecule has 0 saturated carbocycles. The molecule has 0 aliphatic carbocycles. The van der Waals surface area contributed by atoms with E-state index in [1.807, 2.05) is 20.0 Å². The van der Waals surface area contributed by atoms with E-state index in [1.165, 1.54) is 0 Å². The second-order valence-electron chi connectivity index (χ2n) is 4.55. The van der Waals surface area contributed by atoms with Crippen molar-refractivity contribution in [3.63, 3.8) is 0 Å². The van der Waals surface area contributed by atoms with E-state index in [9.17, 15) is 0 Å². The van der Waals surface area contributed by atoms with Gasteiger partial charge in [0.15, 0.2) is 0 Å². The topological polar surface area (TPSA) is 61.0 Å². The Balaban J connectivity index is 2.08. The Labute approximate surface area is 96.2 Å². The van der Waals surface area contributed by atoms with E-state index in [2.05, 4.69) is 9.97 Å². The van der Waals surface area contributed by atoms with Gasteiger partial charge in [-0.2, -0.15) is 0 Å². The van der Waals surface area contributed by atoms with E-state index in [1.54, 1.807) is 0 Å². The van der Waals surface area contributed by atoms with Gasteiger partial charge in [0, 0.05) is 43.1 Å². The van der Waals surface area contributed by atoms with Gasteiger partial charge in [0.05, 0.1) is 0 Å². The van der Waals surface area contributed by atoms with Crippen LogP contribution in [0.1, 0.15) is 36.5 Å². The monoisotopic (exact) mass is 221 g/mol. The molecule has 1 aliphatic heterocycles. The molecule has 0 spiro atoms. The Bertz CT molecular complexity index is 359. The Kier molecular flexibility index (Phi) is 3.51. The average molecular weight is 221 g/mol. The molecule has 1 fully saturated rings. The first-order chi connectivity index (χ1) is 7.66. The highest BCUT2D eigenvalue weighted by molar-refractivity contribution is 5.19. The van der Waals surface area contributed by atoms with E-state index in [0.717, 1.165) is 43.1 Å².